The average Bonchev–Trinajstić information content (AvgIpc) is 2.47. The van der Waals surface area contributed by atoms with Gasteiger partial charge in [-0.05, 0) is 43.2 Å². The standard InChI is InChI=1S/C11H20BrN3O/c1-5-13-11(4,7-16)6-15-9(3)10(12)8(2)14-15/h13,16H,5-7H2,1-4H3. The summed E-state index contributed by atoms with van der Waals surface area (Å²) in [5.41, 5.74) is 1.75. The Kier molecular flexibility index (Phi) is 4.52. The number of nitrogens with one attached hydrogen (secondary N) is 1. The first-order valence-corrected chi connectivity index (χ1v) is 6.28. The highest BCUT2D eigenvalue weighted by atomic mass is 79.9. The molecule has 0 aliphatic rings. The molecule has 1 rings (SSSR count). The molecule has 0 amide bonds. The van der Waals surface area contributed by atoms with Gasteiger partial charge in [-0.25, -0.2) is 0 Å². The fourth-order valence-corrected chi connectivity index (χ4v) is 2.03. The maximum atomic E-state index is 9.43. The molecule has 1 aromatic rings. The summed E-state index contributed by atoms with van der Waals surface area (Å²) in [4.78, 5) is 0. The SMILES string of the molecule is CCNC(C)(CO)Cn1nc(C)c(Br)c1C. The second-order valence-electron chi connectivity index (χ2n) is 4.39. The lowest BCUT2D eigenvalue weighted by Crippen LogP contribution is -2.49. The number of halogens is 1. The molecule has 92 valence electrons. The Bertz CT molecular complexity index is 364. The molecule has 1 aromatic heterocycles. The number of aliphatic hydroxyl groups is 1. The van der Waals surface area contributed by atoms with Crippen molar-refractivity contribution in [1.82, 2.24) is 15.1 Å². The van der Waals surface area contributed by atoms with Crippen molar-refractivity contribution < 1.29 is 5.11 Å². The summed E-state index contributed by atoms with van der Waals surface area (Å²) in [5.74, 6) is 0. The summed E-state index contributed by atoms with van der Waals surface area (Å²) in [6.45, 7) is 9.61. The first-order chi connectivity index (χ1) is 7.43. The van der Waals surface area contributed by atoms with E-state index in [1.165, 1.54) is 0 Å². The molecule has 16 heavy (non-hydrogen) atoms. The van der Waals surface area contributed by atoms with Gasteiger partial charge in [0.05, 0.1) is 28.9 Å². The number of rotatable bonds is 5. The summed E-state index contributed by atoms with van der Waals surface area (Å²) >= 11 is 3.50. The van der Waals surface area contributed by atoms with Crippen LogP contribution in [0.4, 0.5) is 0 Å². The third-order valence-electron chi connectivity index (χ3n) is 2.74. The van der Waals surface area contributed by atoms with Crippen molar-refractivity contribution in [1.29, 1.82) is 0 Å². The maximum Gasteiger partial charge on any atom is 0.0738 e. The van der Waals surface area contributed by atoms with Gasteiger partial charge >= 0.3 is 0 Å². The number of likely N-dealkylation sites (N-methyl/N-ethyl adjacent to an activating group) is 1. The molecule has 0 fully saturated rings. The minimum Gasteiger partial charge on any atom is -0.394 e. The van der Waals surface area contributed by atoms with Gasteiger partial charge in [0.2, 0.25) is 0 Å². The Morgan fingerprint density at radius 1 is 1.50 bits per heavy atom. The number of hydrogen-bond donors (Lipinski definition) is 2. The average molecular weight is 290 g/mol. The molecule has 2 N–H and O–H groups in total. The van der Waals surface area contributed by atoms with E-state index in [1.807, 2.05) is 32.4 Å². The van der Waals surface area contributed by atoms with Gasteiger partial charge < -0.3 is 10.4 Å². The summed E-state index contributed by atoms with van der Waals surface area (Å²) in [7, 11) is 0. The van der Waals surface area contributed by atoms with Gasteiger partial charge in [-0.15, -0.1) is 0 Å². The minimum atomic E-state index is -0.322. The van der Waals surface area contributed by atoms with Crippen LogP contribution in [-0.4, -0.2) is 33.6 Å². The number of hydrogen-bond acceptors (Lipinski definition) is 3. The number of nitrogens with zero attached hydrogens (tertiary/aromatic N) is 2. The van der Waals surface area contributed by atoms with Gasteiger partial charge in [-0.3, -0.25) is 4.68 Å². The molecule has 4 nitrogen and oxygen atoms in total. The van der Waals surface area contributed by atoms with E-state index in [1.54, 1.807) is 0 Å². The van der Waals surface area contributed by atoms with E-state index in [0.717, 1.165) is 22.4 Å². The third-order valence-corrected chi connectivity index (χ3v) is 3.89. The van der Waals surface area contributed by atoms with Crippen LogP contribution in [-0.2, 0) is 6.54 Å². The lowest BCUT2D eigenvalue weighted by molar-refractivity contribution is 0.154. The Hall–Kier alpha value is -0.390. The van der Waals surface area contributed by atoms with Gasteiger partial charge in [-0.2, -0.15) is 5.10 Å². The molecule has 0 bridgehead atoms. The van der Waals surface area contributed by atoms with Crippen molar-refractivity contribution in [3.05, 3.63) is 15.9 Å². The van der Waals surface area contributed by atoms with Crippen molar-refractivity contribution >= 4 is 15.9 Å². The summed E-state index contributed by atoms with van der Waals surface area (Å²) in [6.07, 6.45) is 0. The quantitative estimate of drug-likeness (QED) is 0.866. The second kappa shape index (κ2) is 5.29. The maximum absolute atomic E-state index is 9.43. The molecular weight excluding hydrogens is 270 g/mol. The minimum absolute atomic E-state index is 0.0941. The molecule has 0 aliphatic carbocycles. The van der Waals surface area contributed by atoms with E-state index in [2.05, 4.69) is 26.3 Å². The topological polar surface area (TPSA) is 50.1 Å². The molecule has 0 saturated carbocycles. The molecule has 1 heterocycles. The molecular formula is C11H20BrN3O. The molecule has 0 aromatic carbocycles. The number of aryl methyl sites for hydroxylation is 1. The van der Waals surface area contributed by atoms with Crippen LogP contribution in [0.15, 0.2) is 4.47 Å². The van der Waals surface area contributed by atoms with Crippen molar-refractivity contribution in [2.75, 3.05) is 13.2 Å². The van der Waals surface area contributed by atoms with Gasteiger partial charge in [-0.1, -0.05) is 6.92 Å². The largest absolute Gasteiger partial charge is 0.394 e. The first kappa shape index (κ1) is 13.7. The van der Waals surface area contributed by atoms with E-state index in [0.29, 0.717) is 6.54 Å². The number of aliphatic hydroxyl groups excluding tert-OH is 1. The first-order valence-electron chi connectivity index (χ1n) is 5.49. The smallest absolute Gasteiger partial charge is 0.0738 e. The van der Waals surface area contributed by atoms with E-state index < -0.39 is 0 Å². The highest BCUT2D eigenvalue weighted by Crippen LogP contribution is 2.21. The normalized spacial score (nSPS) is 15.1. The second-order valence-corrected chi connectivity index (χ2v) is 5.18. The zero-order valence-electron chi connectivity index (χ0n) is 10.3. The van der Waals surface area contributed by atoms with Crippen LogP contribution < -0.4 is 5.32 Å². The van der Waals surface area contributed by atoms with Crippen LogP contribution in [0.2, 0.25) is 0 Å². The molecule has 0 saturated heterocycles. The van der Waals surface area contributed by atoms with E-state index in [4.69, 9.17) is 0 Å². The lowest BCUT2D eigenvalue weighted by Gasteiger charge is -2.28. The lowest BCUT2D eigenvalue weighted by atomic mass is 10.0. The third kappa shape index (κ3) is 2.84. The number of aromatic nitrogens is 2. The molecule has 1 atom stereocenters. The Balaban J connectivity index is 2.90. The van der Waals surface area contributed by atoms with Crippen molar-refractivity contribution in [3.63, 3.8) is 0 Å². The van der Waals surface area contributed by atoms with Crippen LogP contribution in [0.25, 0.3) is 0 Å². The van der Waals surface area contributed by atoms with Crippen molar-refractivity contribution in [2.24, 2.45) is 0 Å². The van der Waals surface area contributed by atoms with Crippen LogP contribution >= 0.6 is 15.9 Å². The van der Waals surface area contributed by atoms with Crippen molar-refractivity contribution in [2.45, 2.75) is 39.8 Å². The zero-order valence-corrected chi connectivity index (χ0v) is 11.9. The Labute approximate surface area is 105 Å². The molecule has 0 radical (unpaired) electrons. The highest BCUT2D eigenvalue weighted by molar-refractivity contribution is 9.10. The monoisotopic (exact) mass is 289 g/mol. The molecule has 1 unspecified atom stereocenters. The van der Waals surface area contributed by atoms with Gasteiger partial charge in [0.1, 0.15) is 0 Å². The molecule has 5 heteroatoms. The van der Waals surface area contributed by atoms with E-state index in [9.17, 15) is 5.11 Å². The van der Waals surface area contributed by atoms with Crippen LogP contribution in [0.1, 0.15) is 25.2 Å². The Morgan fingerprint density at radius 3 is 2.50 bits per heavy atom. The predicted molar refractivity (Wildman–Crippen MR) is 68.6 cm³/mol. The highest BCUT2D eigenvalue weighted by Gasteiger charge is 2.24. The Morgan fingerprint density at radius 2 is 2.12 bits per heavy atom. The molecule has 0 aliphatic heterocycles. The van der Waals surface area contributed by atoms with E-state index >= 15 is 0 Å². The predicted octanol–water partition coefficient (Wildman–Crippen LogP) is 1.62. The van der Waals surface area contributed by atoms with Gasteiger partial charge in [0.15, 0.2) is 0 Å². The van der Waals surface area contributed by atoms with Crippen LogP contribution in [0, 0.1) is 13.8 Å². The fraction of sp³-hybridized carbons (Fsp3) is 0.727. The fourth-order valence-electron chi connectivity index (χ4n) is 1.75. The zero-order chi connectivity index (χ0) is 12.3. The van der Waals surface area contributed by atoms with Crippen LogP contribution in [0.3, 0.4) is 0 Å². The summed E-state index contributed by atoms with van der Waals surface area (Å²) in [5, 5.41) is 17.2. The van der Waals surface area contributed by atoms with Crippen molar-refractivity contribution in [3.8, 4) is 0 Å². The van der Waals surface area contributed by atoms with Gasteiger partial charge in [0, 0.05) is 5.69 Å². The van der Waals surface area contributed by atoms with Gasteiger partial charge in [0.25, 0.3) is 0 Å². The molecule has 0 spiro atoms. The summed E-state index contributed by atoms with van der Waals surface area (Å²) < 4.78 is 2.97. The van der Waals surface area contributed by atoms with Crippen LogP contribution in [0.5, 0.6) is 0 Å². The van der Waals surface area contributed by atoms with E-state index in [-0.39, 0.29) is 12.1 Å². The summed E-state index contributed by atoms with van der Waals surface area (Å²) in [6, 6.07) is 0.